The number of hydrogen-bond acceptors (Lipinski definition) is 14. The lowest BCUT2D eigenvalue weighted by Crippen LogP contribution is -2.54. The molecule has 5 rings (SSSR count). The van der Waals surface area contributed by atoms with Gasteiger partial charge in [-0.15, -0.1) is 0 Å². The third kappa shape index (κ3) is 9.03. The van der Waals surface area contributed by atoms with Gasteiger partial charge in [-0.2, -0.15) is 12.9 Å². The van der Waals surface area contributed by atoms with E-state index in [1.165, 1.54) is 12.3 Å². The first-order valence-corrected chi connectivity index (χ1v) is 19.2. The van der Waals surface area contributed by atoms with Crippen LogP contribution in [0.1, 0.15) is 12.5 Å². The lowest BCUT2D eigenvalue weighted by molar-refractivity contribution is -0.0675. The van der Waals surface area contributed by atoms with Gasteiger partial charge in [0.2, 0.25) is 6.23 Å². The highest BCUT2D eigenvalue weighted by atomic mass is 31.3. The molecular weight excluding hydrogens is 716 g/mol. The van der Waals surface area contributed by atoms with E-state index in [9.17, 15) is 52.8 Å². The summed E-state index contributed by atoms with van der Waals surface area (Å²) in [5.74, 6) is 0.492. The second-order valence-electron chi connectivity index (χ2n) is 10.2. The van der Waals surface area contributed by atoms with Crippen molar-refractivity contribution in [3.8, 4) is 0 Å². The lowest BCUT2D eigenvalue weighted by atomic mass is 10.1. The molecule has 0 bridgehead atoms. The number of fused-ring (bicyclic) bond motifs is 2. The van der Waals surface area contributed by atoms with Gasteiger partial charge in [0, 0.05) is 11.8 Å². The number of carbonyl (C=O) groups is 1. The number of ether oxygens (including phenoxy) is 2. The summed E-state index contributed by atoms with van der Waals surface area (Å²) in [6.45, 7) is -0.0672. The Morgan fingerprint density at radius 1 is 0.851 bits per heavy atom. The summed E-state index contributed by atoms with van der Waals surface area (Å²) in [7, 11) is -23.2. The topological polar surface area (TPSA) is 287 Å². The highest BCUT2D eigenvalue weighted by Crippen LogP contribution is 2.71. The Bertz CT molecular complexity index is 1800. The van der Waals surface area contributed by atoms with Gasteiger partial charge in [0.15, 0.2) is 6.23 Å². The molecule has 258 valence electrons. The molecule has 20 nitrogen and oxygen atoms in total. The fraction of sp³-hybridized carbons (Fsp3) is 0.348. The second-order valence-corrected chi connectivity index (χ2v) is 16.4. The van der Waals surface area contributed by atoms with Crippen molar-refractivity contribution in [1.82, 2.24) is 10.2 Å². The number of hydrogen-bond donors (Lipinski definition) is 7. The largest absolute Gasteiger partial charge is 0.490 e. The van der Waals surface area contributed by atoms with Crippen molar-refractivity contribution in [2.45, 2.75) is 44.3 Å². The molecule has 2 aromatic carbocycles. The molecule has 1 saturated heterocycles. The Morgan fingerprint density at radius 2 is 1.47 bits per heavy atom. The number of phosphoric ester groups is 2. The van der Waals surface area contributed by atoms with E-state index in [4.69, 9.17) is 9.47 Å². The quantitative estimate of drug-likeness (QED) is 0.145. The smallest absolute Gasteiger partial charge is 0.471 e. The van der Waals surface area contributed by atoms with Gasteiger partial charge in [-0.25, -0.2) is 23.1 Å². The fourth-order valence-corrected chi connectivity index (χ4v) is 9.56. The van der Waals surface area contributed by atoms with Crippen LogP contribution in [0.4, 0.5) is 4.79 Å². The van der Waals surface area contributed by atoms with Crippen LogP contribution in [0.3, 0.4) is 0 Å². The van der Waals surface area contributed by atoms with Crippen molar-refractivity contribution < 1.29 is 84.3 Å². The Balaban J connectivity index is 1.14. The molecule has 3 aliphatic rings. The second kappa shape index (κ2) is 13.5. The van der Waals surface area contributed by atoms with Crippen LogP contribution in [-0.2, 0) is 56.3 Å². The first-order chi connectivity index (χ1) is 21.8. The minimum atomic E-state index is -6.08. The normalized spacial score (nSPS) is 29.4. The molecule has 7 N–H and O–H groups in total. The minimum absolute atomic E-state index is 0.348. The SMILES string of the molecule is CC1=CC2=CN([C@@H]3O[C@H](COP(=O)(O)OP(=O)(O)OP(=O)(O)OP(=O)(O)OCc4ccc5ccccc5c4)C(O)[C@@H]3O)C(=O)NC2O1. The van der Waals surface area contributed by atoms with Crippen molar-refractivity contribution in [3.05, 3.63) is 71.6 Å². The lowest BCUT2D eigenvalue weighted by Gasteiger charge is -2.33. The minimum Gasteiger partial charge on any atom is -0.471 e. The third-order valence-electron chi connectivity index (χ3n) is 6.59. The predicted molar refractivity (Wildman–Crippen MR) is 155 cm³/mol. The Kier molecular flexibility index (Phi) is 10.4. The van der Waals surface area contributed by atoms with Crippen LogP contribution in [0.15, 0.2) is 66.1 Å². The van der Waals surface area contributed by atoms with E-state index in [1.54, 1.807) is 43.3 Å². The Hall–Kier alpha value is -2.31. The zero-order chi connectivity index (χ0) is 34.4. The van der Waals surface area contributed by atoms with Gasteiger partial charge in [0.1, 0.15) is 18.3 Å². The standard InChI is InChI=1S/C23H28N2O18P4/c1-13-8-17-10-25(23(28)24-21(17)39-13)22-20(27)19(26)18(40-22)12-38-45(31,32)42-47(35,36)43-46(33,34)41-44(29,30)37-11-14-6-7-15-4-2-3-5-16(15)9-14/h2-10,18-22,26-27H,11-12H2,1H3,(H,24,28)(H,29,30)(H,31,32)(H,33,34)(H,35,36)/t18-,19?,20+,21?,22-/m1/s1. The van der Waals surface area contributed by atoms with Crippen molar-refractivity contribution in [2.75, 3.05) is 6.61 Å². The Labute approximate surface area is 265 Å². The molecule has 47 heavy (non-hydrogen) atoms. The van der Waals surface area contributed by atoms with Crippen molar-refractivity contribution in [1.29, 1.82) is 0 Å². The van der Waals surface area contributed by atoms with E-state index in [0.717, 1.165) is 15.7 Å². The van der Waals surface area contributed by atoms with Crippen LogP contribution < -0.4 is 5.32 Å². The van der Waals surface area contributed by atoms with E-state index in [0.29, 0.717) is 16.9 Å². The van der Waals surface area contributed by atoms with Crippen molar-refractivity contribution in [2.24, 2.45) is 0 Å². The van der Waals surface area contributed by atoms with Crippen LogP contribution in [-0.4, -0.2) is 78.1 Å². The number of nitrogens with zero attached hydrogens (tertiary/aromatic N) is 1. The highest BCUT2D eigenvalue weighted by Gasteiger charge is 2.50. The molecule has 0 saturated carbocycles. The molecule has 9 atom stereocenters. The molecular formula is C23H28N2O18P4. The van der Waals surface area contributed by atoms with Gasteiger partial charge in [0.25, 0.3) is 0 Å². The summed E-state index contributed by atoms with van der Waals surface area (Å²) in [5, 5.41) is 24.9. The molecule has 2 aromatic rings. The molecule has 6 unspecified atom stereocenters. The van der Waals surface area contributed by atoms with E-state index < -0.39 is 81.3 Å². The molecule has 0 aliphatic carbocycles. The molecule has 24 heteroatoms. The summed E-state index contributed by atoms with van der Waals surface area (Å²) >= 11 is 0. The predicted octanol–water partition coefficient (Wildman–Crippen LogP) is 2.44. The molecule has 0 aromatic heterocycles. The van der Waals surface area contributed by atoms with Gasteiger partial charge < -0.3 is 39.3 Å². The molecule has 3 heterocycles. The van der Waals surface area contributed by atoms with Gasteiger partial charge in [-0.05, 0) is 35.4 Å². The molecule has 0 radical (unpaired) electrons. The average Bonchev–Trinajstić information content (AvgIpc) is 3.45. The summed E-state index contributed by atoms with van der Waals surface area (Å²) < 4.78 is 80.7. The van der Waals surface area contributed by atoms with E-state index in [1.807, 2.05) is 6.07 Å². The number of rotatable bonds is 13. The number of carbonyl (C=O) groups excluding carboxylic acids is 1. The van der Waals surface area contributed by atoms with E-state index in [-0.39, 0.29) is 0 Å². The summed E-state index contributed by atoms with van der Waals surface area (Å²) in [6.07, 6.45) is -4.62. The van der Waals surface area contributed by atoms with Gasteiger partial charge in [-0.3, -0.25) is 19.3 Å². The maximum absolute atomic E-state index is 12.5. The molecule has 2 amide bonds. The zero-order valence-electron chi connectivity index (χ0n) is 23.8. The molecule has 1 fully saturated rings. The zero-order valence-corrected chi connectivity index (χ0v) is 27.4. The van der Waals surface area contributed by atoms with Crippen molar-refractivity contribution >= 4 is 48.1 Å². The highest BCUT2D eigenvalue weighted by molar-refractivity contribution is 7.69. The number of urea groups is 1. The average molecular weight is 744 g/mol. The number of phosphoric acid groups is 4. The Morgan fingerprint density at radius 3 is 2.15 bits per heavy atom. The van der Waals surface area contributed by atoms with Crippen LogP contribution >= 0.6 is 31.3 Å². The summed E-state index contributed by atoms with van der Waals surface area (Å²) in [5.41, 5.74) is 0.832. The van der Waals surface area contributed by atoms with Crippen molar-refractivity contribution in [3.63, 3.8) is 0 Å². The number of benzene rings is 2. The number of aliphatic hydroxyl groups is 2. The molecule has 3 aliphatic heterocycles. The molecule has 0 spiro atoms. The van der Waals surface area contributed by atoms with Crippen LogP contribution in [0.2, 0.25) is 0 Å². The monoisotopic (exact) mass is 744 g/mol. The summed E-state index contributed by atoms with van der Waals surface area (Å²) in [6, 6.07) is 11.1. The van der Waals surface area contributed by atoms with Gasteiger partial charge in [-0.1, -0.05) is 36.4 Å². The summed E-state index contributed by atoms with van der Waals surface area (Å²) in [4.78, 5) is 52.7. The number of nitrogens with one attached hydrogen (secondary N) is 1. The first kappa shape index (κ1) is 36.0. The number of aliphatic hydroxyl groups excluding tert-OH is 2. The van der Waals surface area contributed by atoms with Crippen LogP contribution in [0.5, 0.6) is 0 Å². The number of allylic oxidation sites excluding steroid dienone is 1. The number of amides is 2. The maximum Gasteiger partial charge on any atom is 0.490 e. The maximum atomic E-state index is 12.5. The van der Waals surface area contributed by atoms with Gasteiger partial charge >= 0.3 is 37.3 Å². The first-order valence-electron chi connectivity index (χ1n) is 13.2. The third-order valence-corrected chi connectivity index (χ3v) is 12.5. The van der Waals surface area contributed by atoms with E-state index in [2.05, 4.69) is 27.3 Å². The van der Waals surface area contributed by atoms with E-state index >= 15 is 0 Å². The van der Waals surface area contributed by atoms with Crippen LogP contribution in [0.25, 0.3) is 10.8 Å². The fourth-order valence-electron chi connectivity index (χ4n) is 4.63. The van der Waals surface area contributed by atoms with Crippen LogP contribution in [0, 0.1) is 0 Å². The van der Waals surface area contributed by atoms with Gasteiger partial charge in [0.05, 0.1) is 19.0 Å².